The first-order valence-electron chi connectivity index (χ1n) is 4.88. The molecule has 4 nitrogen and oxygen atoms in total. The molecule has 1 aromatic heterocycles. The van der Waals surface area contributed by atoms with Gasteiger partial charge in [-0.3, -0.25) is 9.59 Å². The Labute approximate surface area is 106 Å². The molecule has 1 unspecified atom stereocenters. The van der Waals surface area contributed by atoms with Crippen LogP contribution in [-0.4, -0.2) is 29.3 Å². The number of hydrogen-bond donors (Lipinski definition) is 1. The molecule has 1 aromatic rings. The number of hydrogen-bond acceptors (Lipinski definition) is 3. The molecule has 1 N–H and O–H groups in total. The molecule has 0 spiro atoms. The first-order valence-corrected chi connectivity index (χ1v) is 6.49. The number of nitrogens with one attached hydrogen (secondary N) is 1. The van der Waals surface area contributed by atoms with Crippen LogP contribution in [0.5, 0.6) is 0 Å². The molecular formula is C10H11BrN2O2S. The van der Waals surface area contributed by atoms with Gasteiger partial charge in [0, 0.05) is 4.88 Å². The first-order chi connectivity index (χ1) is 7.56. The second-order valence-corrected chi connectivity index (χ2v) is 6.24. The molecule has 16 heavy (non-hydrogen) atoms. The Kier molecular flexibility index (Phi) is 3.30. The maximum Gasteiger partial charge on any atom is 0.245 e. The summed E-state index contributed by atoms with van der Waals surface area (Å²) in [6, 6.07) is 3.49. The number of rotatable bonds is 2. The van der Waals surface area contributed by atoms with Crippen molar-refractivity contribution in [1.29, 1.82) is 0 Å². The maximum absolute atomic E-state index is 11.8. The van der Waals surface area contributed by atoms with Crippen molar-refractivity contribution in [1.82, 2.24) is 10.2 Å². The van der Waals surface area contributed by atoms with E-state index >= 15 is 0 Å². The van der Waals surface area contributed by atoms with Gasteiger partial charge in [0.25, 0.3) is 0 Å². The number of nitrogens with zero attached hydrogens (tertiary/aromatic N) is 1. The number of piperazine rings is 1. The lowest BCUT2D eigenvalue weighted by Crippen LogP contribution is -2.56. The zero-order chi connectivity index (χ0) is 11.7. The summed E-state index contributed by atoms with van der Waals surface area (Å²) in [6.45, 7) is 2.36. The van der Waals surface area contributed by atoms with E-state index in [1.807, 2.05) is 12.1 Å². The monoisotopic (exact) mass is 302 g/mol. The third-order valence-corrected chi connectivity index (χ3v) is 3.98. The standard InChI is InChI=1S/C10H11BrN2O2S/c1-6-10(15)13(5-9(14)12-6)4-7-2-3-8(11)16-7/h2-3,6H,4-5H2,1H3,(H,12,14). The van der Waals surface area contributed by atoms with E-state index < -0.39 is 6.04 Å². The van der Waals surface area contributed by atoms with E-state index in [4.69, 9.17) is 0 Å². The lowest BCUT2D eigenvalue weighted by Gasteiger charge is -2.30. The summed E-state index contributed by atoms with van der Waals surface area (Å²) in [5, 5.41) is 2.61. The highest BCUT2D eigenvalue weighted by atomic mass is 79.9. The number of carbonyl (C=O) groups is 2. The van der Waals surface area contributed by atoms with Crippen molar-refractivity contribution in [2.75, 3.05) is 6.54 Å². The number of halogens is 1. The van der Waals surface area contributed by atoms with Crippen molar-refractivity contribution in [3.8, 4) is 0 Å². The third kappa shape index (κ3) is 2.44. The molecule has 2 amide bonds. The number of carbonyl (C=O) groups excluding carboxylic acids is 2. The van der Waals surface area contributed by atoms with Gasteiger partial charge in [0.05, 0.1) is 16.9 Å². The van der Waals surface area contributed by atoms with Crippen LogP contribution in [0.1, 0.15) is 11.8 Å². The van der Waals surface area contributed by atoms with E-state index in [2.05, 4.69) is 21.2 Å². The van der Waals surface area contributed by atoms with E-state index in [1.165, 1.54) is 0 Å². The van der Waals surface area contributed by atoms with E-state index in [1.54, 1.807) is 23.2 Å². The molecule has 0 aromatic carbocycles. The molecule has 1 saturated heterocycles. The summed E-state index contributed by atoms with van der Waals surface area (Å²) in [6.07, 6.45) is 0. The summed E-state index contributed by atoms with van der Waals surface area (Å²) in [5.41, 5.74) is 0. The van der Waals surface area contributed by atoms with Crippen molar-refractivity contribution in [3.63, 3.8) is 0 Å². The highest BCUT2D eigenvalue weighted by Gasteiger charge is 2.29. The minimum absolute atomic E-state index is 0.0240. The van der Waals surface area contributed by atoms with Crippen LogP contribution in [0, 0.1) is 0 Å². The Balaban J connectivity index is 2.08. The van der Waals surface area contributed by atoms with Crippen LogP contribution in [0.4, 0.5) is 0 Å². The molecule has 0 bridgehead atoms. The van der Waals surface area contributed by atoms with Crippen molar-refractivity contribution in [2.24, 2.45) is 0 Å². The summed E-state index contributed by atoms with van der Waals surface area (Å²) < 4.78 is 1.03. The summed E-state index contributed by atoms with van der Waals surface area (Å²) in [5.74, 6) is -0.119. The van der Waals surface area contributed by atoms with Crippen molar-refractivity contribution in [2.45, 2.75) is 19.5 Å². The van der Waals surface area contributed by atoms with Crippen LogP contribution in [0.15, 0.2) is 15.9 Å². The van der Waals surface area contributed by atoms with Gasteiger partial charge in [-0.1, -0.05) is 0 Å². The quantitative estimate of drug-likeness (QED) is 0.897. The fourth-order valence-electron chi connectivity index (χ4n) is 1.63. The summed E-state index contributed by atoms with van der Waals surface area (Å²) in [7, 11) is 0. The molecule has 2 rings (SSSR count). The van der Waals surface area contributed by atoms with Gasteiger partial charge in [-0.05, 0) is 35.0 Å². The molecule has 1 fully saturated rings. The third-order valence-electron chi connectivity index (χ3n) is 2.37. The summed E-state index contributed by atoms with van der Waals surface area (Å²) in [4.78, 5) is 25.8. The summed E-state index contributed by atoms with van der Waals surface area (Å²) >= 11 is 4.95. The topological polar surface area (TPSA) is 49.4 Å². The number of thiophene rings is 1. The lowest BCUT2D eigenvalue weighted by atomic mass is 10.2. The molecule has 6 heteroatoms. The van der Waals surface area contributed by atoms with Crippen molar-refractivity contribution >= 4 is 39.1 Å². The zero-order valence-corrected chi connectivity index (χ0v) is 11.1. The van der Waals surface area contributed by atoms with Crippen LogP contribution >= 0.6 is 27.3 Å². The minimum atomic E-state index is -0.412. The predicted octanol–water partition coefficient (Wildman–Crippen LogP) is 1.36. The van der Waals surface area contributed by atoms with Gasteiger partial charge in [0.1, 0.15) is 6.04 Å². The predicted molar refractivity (Wildman–Crippen MR) is 65.0 cm³/mol. The Bertz CT molecular complexity index is 432. The van der Waals surface area contributed by atoms with E-state index in [-0.39, 0.29) is 18.4 Å². The Morgan fingerprint density at radius 2 is 2.31 bits per heavy atom. The normalized spacial score (nSPS) is 21.1. The Hall–Kier alpha value is -0.880. The Morgan fingerprint density at radius 3 is 2.94 bits per heavy atom. The molecule has 0 saturated carbocycles. The van der Waals surface area contributed by atoms with Gasteiger partial charge in [0.2, 0.25) is 11.8 Å². The second-order valence-electron chi connectivity index (χ2n) is 3.69. The molecule has 2 heterocycles. The second kappa shape index (κ2) is 4.55. The van der Waals surface area contributed by atoms with Crippen LogP contribution in [-0.2, 0) is 16.1 Å². The SMILES string of the molecule is CC1NC(=O)CN(Cc2ccc(Br)s2)C1=O. The van der Waals surface area contributed by atoms with Gasteiger partial charge in [-0.15, -0.1) is 11.3 Å². The molecule has 0 aliphatic carbocycles. The highest BCUT2D eigenvalue weighted by Crippen LogP contribution is 2.23. The van der Waals surface area contributed by atoms with Crippen LogP contribution in [0.25, 0.3) is 0 Å². The van der Waals surface area contributed by atoms with E-state index in [0.29, 0.717) is 6.54 Å². The molecule has 1 aliphatic heterocycles. The van der Waals surface area contributed by atoms with Crippen LogP contribution < -0.4 is 5.32 Å². The van der Waals surface area contributed by atoms with Gasteiger partial charge in [-0.2, -0.15) is 0 Å². The van der Waals surface area contributed by atoms with Gasteiger partial charge in [-0.25, -0.2) is 0 Å². The van der Waals surface area contributed by atoms with Gasteiger partial charge >= 0.3 is 0 Å². The largest absolute Gasteiger partial charge is 0.343 e. The Morgan fingerprint density at radius 1 is 1.56 bits per heavy atom. The lowest BCUT2D eigenvalue weighted by molar-refractivity contribution is -0.144. The average molecular weight is 303 g/mol. The molecule has 1 aliphatic rings. The van der Waals surface area contributed by atoms with Gasteiger partial charge < -0.3 is 10.2 Å². The first kappa shape index (κ1) is 11.6. The highest BCUT2D eigenvalue weighted by molar-refractivity contribution is 9.11. The number of amides is 2. The fourth-order valence-corrected chi connectivity index (χ4v) is 3.13. The van der Waals surface area contributed by atoms with Gasteiger partial charge in [0.15, 0.2) is 0 Å². The zero-order valence-electron chi connectivity index (χ0n) is 8.70. The van der Waals surface area contributed by atoms with Crippen molar-refractivity contribution < 1.29 is 9.59 Å². The van der Waals surface area contributed by atoms with Crippen LogP contribution in [0.3, 0.4) is 0 Å². The molecular weight excluding hydrogens is 292 g/mol. The molecule has 0 radical (unpaired) electrons. The average Bonchev–Trinajstić information content (AvgIpc) is 2.60. The van der Waals surface area contributed by atoms with E-state index in [9.17, 15) is 9.59 Å². The van der Waals surface area contributed by atoms with Crippen LogP contribution in [0.2, 0.25) is 0 Å². The maximum atomic E-state index is 11.8. The molecule has 1 atom stereocenters. The smallest absolute Gasteiger partial charge is 0.245 e. The minimum Gasteiger partial charge on any atom is -0.343 e. The van der Waals surface area contributed by atoms with E-state index in [0.717, 1.165) is 8.66 Å². The fraction of sp³-hybridized carbons (Fsp3) is 0.400. The van der Waals surface area contributed by atoms with Crippen molar-refractivity contribution in [3.05, 3.63) is 20.8 Å². The molecule has 86 valence electrons.